The van der Waals surface area contributed by atoms with E-state index in [9.17, 15) is 4.79 Å². The van der Waals surface area contributed by atoms with E-state index in [1.54, 1.807) is 109 Å². The molecule has 11 aromatic rings. The van der Waals surface area contributed by atoms with Gasteiger partial charge in [0.25, 0.3) is 0 Å². The first-order valence-electron chi connectivity index (χ1n) is 19.8. The Morgan fingerprint density at radius 2 is 1.06 bits per heavy atom. The van der Waals surface area contributed by atoms with Crippen molar-refractivity contribution in [2.24, 2.45) is 0 Å². The number of methoxy groups -OCH3 is 1. The Morgan fingerprint density at radius 3 is 1.60 bits per heavy atom. The van der Waals surface area contributed by atoms with Crippen molar-refractivity contribution in [3.8, 4) is 0 Å². The van der Waals surface area contributed by atoms with Crippen LogP contribution >= 0.6 is 0 Å². The van der Waals surface area contributed by atoms with Crippen molar-refractivity contribution < 1.29 is 9.53 Å². The van der Waals surface area contributed by atoms with Gasteiger partial charge in [-0.15, -0.1) is 0 Å². The molecule has 0 heterocycles. The van der Waals surface area contributed by atoms with E-state index in [4.69, 9.17) is 4.74 Å². The average Bonchev–Trinajstić information content (AvgIpc) is 4.00. The predicted octanol–water partition coefficient (Wildman–Crippen LogP) is 11.8. The molecule has 0 aromatic heterocycles. The van der Waals surface area contributed by atoms with Gasteiger partial charge in [0.1, 0.15) is 0 Å². The monoisotopic (exact) mass is 672 g/mol. The van der Waals surface area contributed by atoms with Crippen molar-refractivity contribution in [2.45, 2.75) is 55.8 Å². The van der Waals surface area contributed by atoms with Crippen LogP contribution in [0.3, 0.4) is 0 Å². The largest absolute Gasteiger partial charge is 0.469 e. The van der Waals surface area contributed by atoms with Gasteiger partial charge < -0.3 is 4.74 Å². The first-order chi connectivity index (χ1) is 26.1. The Balaban J connectivity index is 1.22. The Labute approximate surface area is 302 Å². The zero-order chi connectivity index (χ0) is 33.8. The molecule has 244 valence electrons. The molecule has 0 bridgehead atoms. The number of esters is 1. The van der Waals surface area contributed by atoms with Gasteiger partial charge >= 0.3 is 5.97 Å². The summed E-state index contributed by atoms with van der Waals surface area (Å²) in [6, 6.07) is 22.0. The van der Waals surface area contributed by atoms with Crippen molar-refractivity contribution >= 4 is 114 Å². The second-order valence-corrected chi connectivity index (χ2v) is 17.9. The zero-order valence-electron chi connectivity index (χ0n) is 29.1. The fourth-order valence-electron chi connectivity index (χ4n) is 15.1. The van der Waals surface area contributed by atoms with E-state index < -0.39 is 0 Å². The lowest BCUT2D eigenvalue weighted by Gasteiger charge is -2.54. The minimum absolute atomic E-state index is 0.0980. The topological polar surface area (TPSA) is 26.3 Å². The summed E-state index contributed by atoms with van der Waals surface area (Å²) >= 11 is 0. The average molecular weight is 673 g/mol. The van der Waals surface area contributed by atoms with Crippen LogP contribution in [0.15, 0.2) is 66.7 Å². The van der Waals surface area contributed by atoms with Crippen LogP contribution in [0.1, 0.15) is 75.8 Å². The van der Waals surface area contributed by atoms with Crippen LogP contribution in [-0.2, 0) is 39.6 Å². The third-order valence-electron chi connectivity index (χ3n) is 16.2. The summed E-state index contributed by atoms with van der Waals surface area (Å²) in [6.07, 6.45) is 11.9. The van der Waals surface area contributed by atoms with Gasteiger partial charge in [0.05, 0.1) is 7.11 Å². The van der Waals surface area contributed by atoms with Crippen LogP contribution in [0.5, 0.6) is 0 Å². The SMILES string of the molecule is COC(=O)CCCCC12c3c4c5c6cc7cc8c9c%10c(cc%11cc%12c%13c(c1c1c3c3c5c7c9c3c3c%10c%11c%13c13)C(=CC2(c1ccccc1)C=C4C6)C%12)C8. The van der Waals surface area contributed by atoms with Gasteiger partial charge in [0.2, 0.25) is 0 Å². The highest BCUT2D eigenvalue weighted by atomic mass is 16.5. The van der Waals surface area contributed by atoms with Gasteiger partial charge in [0, 0.05) is 17.3 Å². The maximum absolute atomic E-state index is 12.6. The maximum atomic E-state index is 12.6. The highest BCUT2D eigenvalue weighted by Crippen LogP contribution is 2.75. The number of unbranched alkanes of at least 4 members (excludes halogenated alkanes) is 1. The number of carbonyl (C=O) groups is 1. The molecule has 0 fully saturated rings. The highest BCUT2D eigenvalue weighted by molar-refractivity contribution is 6.61. The zero-order valence-corrected chi connectivity index (χ0v) is 29.1. The molecule has 17 rings (SSSR count). The third kappa shape index (κ3) is 2.07. The molecule has 6 aliphatic carbocycles. The van der Waals surface area contributed by atoms with Crippen molar-refractivity contribution in [1.82, 2.24) is 0 Å². The molecule has 0 amide bonds. The number of hydrogen-bond donors (Lipinski definition) is 0. The molecule has 2 heteroatoms. The number of ether oxygens (including phenoxy) is 1. The van der Waals surface area contributed by atoms with Crippen LogP contribution < -0.4 is 0 Å². The lowest BCUT2D eigenvalue weighted by atomic mass is 9.47. The summed E-state index contributed by atoms with van der Waals surface area (Å²) in [4.78, 5) is 12.6. The van der Waals surface area contributed by atoms with Crippen LogP contribution in [0.4, 0.5) is 0 Å². The van der Waals surface area contributed by atoms with Gasteiger partial charge in [-0.3, -0.25) is 4.79 Å². The number of hydrogen-bond acceptors (Lipinski definition) is 2. The van der Waals surface area contributed by atoms with Crippen LogP contribution in [0.2, 0.25) is 0 Å². The number of allylic oxidation sites excluding steroid dienone is 4. The number of carbonyl (C=O) groups excluding carboxylic acids is 1. The van der Waals surface area contributed by atoms with E-state index in [0.29, 0.717) is 6.42 Å². The van der Waals surface area contributed by atoms with E-state index in [2.05, 4.69) is 66.7 Å². The summed E-state index contributed by atoms with van der Waals surface area (Å²) in [6.45, 7) is 0. The molecule has 53 heavy (non-hydrogen) atoms. The van der Waals surface area contributed by atoms with Crippen LogP contribution in [0, 0.1) is 0 Å². The Hall–Kier alpha value is -5.73. The van der Waals surface area contributed by atoms with Gasteiger partial charge in [-0.05, 0) is 190 Å². The van der Waals surface area contributed by atoms with E-state index in [1.165, 1.54) is 56.5 Å². The molecule has 0 N–H and O–H groups in total. The molecule has 0 aliphatic heterocycles. The fourth-order valence-corrected chi connectivity index (χ4v) is 15.1. The second kappa shape index (κ2) is 7.14. The first-order valence-corrected chi connectivity index (χ1v) is 19.8. The van der Waals surface area contributed by atoms with Crippen molar-refractivity contribution in [2.75, 3.05) is 7.11 Å². The summed E-state index contributed by atoms with van der Waals surface area (Å²) in [7, 11) is 1.53. The van der Waals surface area contributed by atoms with Crippen LogP contribution in [-0.4, -0.2) is 13.1 Å². The van der Waals surface area contributed by atoms with Gasteiger partial charge in [0.15, 0.2) is 0 Å². The highest BCUT2D eigenvalue weighted by Gasteiger charge is 2.63. The second-order valence-electron chi connectivity index (χ2n) is 17.9. The molecule has 0 spiro atoms. The quantitative estimate of drug-likeness (QED) is 0.0998. The van der Waals surface area contributed by atoms with E-state index in [0.717, 1.165) is 38.5 Å². The lowest BCUT2D eigenvalue weighted by Crippen LogP contribution is -2.51. The van der Waals surface area contributed by atoms with Crippen molar-refractivity contribution in [1.29, 1.82) is 0 Å². The summed E-state index contributed by atoms with van der Waals surface area (Å²) in [5.41, 5.74) is 16.4. The summed E-state index contributed by atoms with van der Waals surface area (Å²) in [5.74, 6) is -0.0980. The van der Waals surface area contributed by atoms with Crippen molar-refractivity contribution in [3.05, 3.63) is 117 Å². The molecule has 11 aromatic carbocycles. The molecule has 0 atom stereocenters. The number of benzene rings is 9. The smallest absolute Gasteiger partial charge is 0.305 e. The molecule has 0 unspecified atom stereocenters. The fraction of sp³-hybridized carbons (Fsp3) is 0.196. The van der Waals surface area contributed by atoms with E-state index >= 15 is 0 Å². The Kier molecular flexibility index (Phi) is 3.40. The molecule has 6 aliphatic rings. The molecular formula is C51H28O2. The molecular weight excluding hydrogens is 645 g/mol. The molecule has 0 saturated carbocycles. The van der Waals surface area contributed by atoms with Gasteiger partial charge in [-0.1, -0.05) is 73.2 Å². The first kappa shape index (κ1) is 25.3. The Bertz CT molecular complexity index is 3530. The molecule has 0 saturated heterocycles. The summed E-state index contributed by atoms with van der Waals surface area (Å²) in [5, 5.41) is 28.0. The predicted molar refractivity (Wildman–Crippen MR) is 217 cm³/mol. The number of rotatable bonds is 6. The maximum Gasteiger partial charge on any atom is 0.305 e. The van der Waals surface area contributed by atoms with E-state index in [-0.39, 0.29) is 16.8 Å². The van der Waals surface area contributed by atoms with Gasteiger partial charge in [-0.25, -0.2) is 0 Å². The third-order valence-corrected chi connectivity index (χ3v) is 16.2. The normalized spacial score (nSPS) is 22.6. The lowest BCUT2D eigenvalue weighted by molar-refractivity contribution is -0.140. The minimum Gasteiger partial charge on any atom is -0.469 e. The molecule has 0 radical (unpaired) electrons. The summed E-state index contributed by atoms with van der Waals surface area (Å²) < 4.78 is 5.17. The van der Waals surface area contributed by atoms with Crippen LogP contribution in [0.25, 0.3) is 108 Å². The van der Waals surface area contributed by atoms with Crippen molar-refractivity contribution in [3.63, 3.8) is 0 Å². The minimum atomic E-state index is -0.332. The Morgan fingerprint density at radius 1 is 0.566 bits per heavy atom. The van der Waals surface area contributed by atoms with Gasteiger partial charge in [-0.2, -0.15) is 0 Å². The van der Waals surface area contributed by atoms with E-state index in [1.807, 2.05) is 0 Å². The standard InChI is InChI=1S/C51H28O2/c1-53-29(52)9-5-6-10-51-48-36-26-16-24-14-22-12-20-11-21-13-23-15-25-17-27(19-50(51,18-26)28-7-3-2-4-8-28)37-33(25)41-35(23)39-31(21)30(20)38-34(22)40(32(24)36)44-42(38)43(39)45(41)47(46(44)48)49(37)51/h2-4,7-8,12-15,18-19H,5-6,9-11,16-17H2,1H3. The molecule has 2 nitrogen and oxygen atoms in total.